The number of nitrogens with two attached hydrogens (primary N) is 1. The van der Waals surface area contributed by atoms with Crippen LogP contribution in [0.4, 0.5) is 0 Å². The summed E-state index contributed by atoms with van der Waals surface area (Å²) < 4.78 is 0. The molecule has 0 amide bonds. The molecule has 6 heavy (non-hydrogen) atoms. The van der Waals surface area contributed by atoms with Crippen LogP contribution in [0.15, 0.2) is 10.4 Å². The Hall–Kier alpha value is -1.20. The van der Waals surface area contributed by atoms with Crippen molar-refractivity contribution in [1.29, 1.82) is 0 Å². The Labute approximate surface area is 32.8 Å². The lowest BCUT2D eigenvalue weighted by Crippen LogP contribution is -1.84. The Balaban J connectivity index is 3.30. The van der Waals surface area contributed by atoms with Crippen molar-refractivity contribution in [2.45, 2.75) is 0 Å². The molecule has 0 fully saturated rings. The molecule has 6 heteroatoms. The van der Waals surface area contributed by atoms with Crippen molar-refractivity contribution >= 4 is 0 Å². The molecule has 34 valence electrons. The van der Waals surface area contributed by atoms with Crippen LogP contribution in [0.25, 0.3) is 0 Å². The number of nitrogens with zero attached hydrogens (tertiary/aromatic N) is 3. The summed E-state index contributed by atoms with van der Waals surface area (Å²) in [4.78, 5) is 9.06. The highest BCUT2D eigenvalue weighted by Gasteiger charge is 1.75. The number of hydrogen-bond donors (Lipinski definition) is 1. The zero-order valence-electron chi connectivity index (χ0n) is 2.74. The highest BCUT2D eigenvalue weighted by molar-refractivity contribution is 3.94. The minimum Gasteiger partial charge on any atom is -0.337 e. The Bertz CT molecular complexity index is 73.6. The molecule has 6 nitrogen and oxygen atoms in total. The third kappa shape index (κ3) is 2.80. The maximum absolute atomic E-state index is 9.06. The summed E-state index contributed by atoms with van der Waals surface area (Å²) in [5.74, 6) is 4.25. The number of nitro groups is 1. The molecule has 0 rings (SSSR count). The van der Waals surface area contributed by atoms with Crippen LogP contribution < -0.4 is 5.84 Å². The van der Waals surface area contributed by atoms with E-state index in [0.29, 0.717) is 0 Å². The molecule has 0 unspecified atom stereocenters. The standard InChI is InChI=1S/H2N4O2/c1-2-3-4(5)6/h(H2,1,3). The smallest absolute Gasteiger partial charge is 0.207 e. The highest BCUT2D eigenvalue weighted by Crippen LogP contribution is 1.63. The van der Waals surface area contributed by atoms with Crippen LogP contribution >= 0.6 is 0 Å². The van der Waals surface area contributed by atoms with Gasteiger partial charge in [0, 0.05) is 0 Å². The summed E-state index contributed by atoms with van der Waals surface area (Å²) in [5, 5.41) is 12.7. The first-order chi connectivity index (χ1) is 2.77. The molecular formula is H2N4O2. The number of rotatable bonds is 1. The lowest BCUT2D eigenvalue weighted by atomic mass is 12.5. The first kappa shape index (κ1) is 4.80. The van der Waals surface area contributed by atoms with Crippen molar-refractivity contribution in [1.82, 2.24) is 0 Å². The van der Waals surface area contributed by atoms with Crippen LogP contribution in [0, 0.1) is 10.1 Å². The lowest BCUT2D eigenvalue weighted by molar-refractivity contribution is -0.494. The topological polar surface area (TPSA) is 93.9 Å². The van der Waals surface area contributed by atoms with Gasteiger partial charge in [-0.2, -0.15) is 0 Å². The summed E-state index contributed by atoms with van der Waals surface area (Å²) in [5.41, 5.74) is 0. The minimum absolute atomic E-state index is 0.986. The molecule has 0 spiro atoms. The molecule has 0 aliphatic rings. The molecule has 0 aromatic carbocycles. The SMILES string of the molecule is NN=N[N+](=O)[O-]. The van der Waals surface area contributed by atoms with E-state index in [4.69, 9.17) is 10.1 Å². The second kappa shape index (κ2) is 2.06. The van der Waals surface area contributed by atoms with Gasteiger partial charge in [-0.15, -0.1) is 0 Å². The van der Waals surface area contributed by atoms with Crippen LogP contribution in [0.2, 0.25) is 0 Å². The fourth-order valence-electron chi connectivity index (χ4n) is 0.0422. The van der Waals surface area contributed by atoms with Crippen LogP contribution in [0.5, 0.6) is 0 Å². The van der Waals surface area contributed by atoms with Crippen molar-refractivity contribution in [2.24, 2.45) is 16.3 Å². The summed E-state index contributed by atoms with van der Waals surface area (Å²) in [7, 11) is 0. The molecule has 0 bridgehead atoms. The van der Waals surface area contributed by atoms with E-state index in [2.05, 4.69) is 16.3 Å². The van der Waals surface area contributed by atoms with Gasteiger partial charge in [-0.05, 0) is 0 Å². The van der Waals surface area contributed by atoms with Gasteiger partial charge >= 0.3 is 0 Å². The monoisotopic (exact) mass is 90.0 g/mol. The van der Waals surface area contributed by atoms with Gasteiger partial charge in [0.25, 0.3) is 0 Å². The van der Waals surface area contributed by atoms with E-state index in [1.807, 2.05) is 0 Å². The lowest BCUT2D eigenvalue weighted by Gasteiger charge is -1.69. The maximum atomic E-state index is 9.06. The third-order valence-corrected chi connectivity index (χ3v) is 0.125. The van der Waals surface area contributed by atoms with Gasteiger partial charge in [0.15, 0.2) is 5.22 Å². The van der Waals surface area contributed by atoms with Crippen LogP contribution in [-0.4, -0.2) is 5.03 Å². The van der Waals surface area contributed by atoms with E-state index < -0.39 is 5.03 Å². The summed E-state index contributed by atoms with van der Waals surface area (Å²) >= 11 is 0. The van der Waals surface area contributed by atoms with Gasteiger partial charge < -0.3 is 10.1 Å². The normalized spacial score (nSPS) is 9.33. The van der Waals surface area contributed by atoms with Gasteiger partial charge in [0.05, 0.1) is 5.03 Å². The van der Waals surface area contributed by atoms with Gasteiger partial charge in [-0.25, -0.2) is 5.84 Å². The van der Waals surface area contributed by atoms with E-state index in [0.717, 1.165) is 0 Å². The molecule has 0 aliphatic heterocycles. The van der Waals surface area contributed by atoms with Crippen molar-refractivity contribution in [2.75, 3.05) is 0 Å². The predicted molar refractivity (Wildman–Crippen MR) is 16.0 cm³/mol. The van der Waals surface area contributed by atoms with Gasteiger partial charge in [-0.3, -0.25) is 0 Å². The van der Waals surface area contributed by atoms with Gasteiger partial charge in [-0.1, -0.05) is 0 Å². The van der Waals surface area contributed by atoms with Gasteiger partial charge in [0.2, 0.25) is 5.22 Å². The van der Waals surface area contributed by atoms with Crippen molar-refractivity contribution in [3.63, 3.8) is 0 Å². The van der Waals surface area contributed by atoms with E-state index in [-0.39, 0.29) is 0 Å². The summed E-state index contributed by atoms with van der Waals surface area (Å²) in [6.07, 6.45) is 0. The molecular weight excluding hydrogens is 88.0 g/mol. The van der Waals surface area contributed by atoms with Crippen molar-refractivity contribution in [3.05, 3.63) is 10.1 Å². The molecule has 0 aromatic heterocycles. The van der Waals surface area contributed by atoms with Crippen molar-refractivity contribution in [3.8, 4) is 0 Å². The molecule has 0 radical (unpaired) electrons. The fourth-order valence-corrected chi connectivity index (χ4v) is 0.0422. The third-order valence-electron chi connectivity index (χ3n) is 0.125. The van der Waals surface area contributed by atoms with E-state index in [1.165, 1.54) is 0 Å². The Kier molecular flexibility index (Phi) is 1.65. The van der Waals surface area contributed by atoms with E-state index in [1.54, 1.807) is 0 Å². The molecule has 0 aromatic rings. The zero-order chi connectivity index (χ0) is 4.99. The average Bonchev–Trinajstić information content (AvgIpc) is 1.35. The Morgan fingerprint density at radius 1 is 1.83 bits per heavy atom. The van der Waals surface area contributed by atoms with Crippen molar-refractivity contribution < 1.29 is 5.03 Å². The molecule has 0 aliphatic carbocycles. The van der Waals surface area contributed by atoms with Gasteiger partial charge in [0.1, 0.15) is 0 Å². The average molecular weight is 90.0 g/mol. The molecule has 0 saturated carbocycles. The van der Waals surface area contributed by atoms with E-state index >= 15 is 0 Å². The first-order valence-electron chi connectivity index (χ1n) is 1.02. The minimum atomic E-state index is -0.986. The predicted octanol–water partition coefficient (Wildman–Crippen LogP) is -0.496. The summed E-state index contributed by atoms with van der Waals surface area (Å²) in [6, 6.07) is 0. The second-order valence-corrected chi connectivity index (χ2v) is 0.443. The first-order valence-corrected chi connectivity index (χ1v) is 1.02. The molecule has 0 atom stereocenters. The highest BCUT2D eigenvalue weighted by atomic mass is 16.7. The molecule has 2 N–H and O–H groups in total. The molecule has 0 saturated heterocycles. The Morgan fingerprint density at radius 3 is 2.33 bits per heavy atom. The second-order valence-electron chi connectivity index (χ2n) is 0.443. The fraction of sp³-hybridized carbons (Fsp3) is 0. The molecule has 0 heterocycles. The van der Waals surface area contributed by atoms with Crippen LogP contribution in [0.1, 0.15) is 0 Å². The number of hydrogen-bond acceptors (Lipinski definition) is 3. The zero-order valence-corrected chi connectivity index (χ0v) is 2.74. The maximum Gasteiger partial charge on any atom is 0.207 e. The van der Waals surface area contributed by atoms with E-state index in [9.17, 15) is 0 Å². The quantitative estimate of drug-likeness (QED) is 0.203. The largest absolute Gasteiger partial charge is 0.337 e. The summed E-state index contributed by atoms with van der Waals surface area (Å²) in [6.45, 7) is 0. The Morgan fingerprint density at radius 2 is 2.33 bits per heavy atom. The van der Waals surface area contributed by atoms with Crippen LogP contribution in [-0.2, 0) is 0 Å². The van der Waals surface area contributed by atoms with Crippen LogP contribution in [0.3, 0.4) is 0 Å².